The number of hydrogen-bond acceptors (Lipinski definition) is 6. The molecule has 2 amide bonds. The molecule has 0 fully saturated rings. The van der Waals surface area contributed by atoms with E-state index in [1.54, 1.807) is 49.8 Å². The molecule has 0 aliphatic carbocycles. The molecule has 8 heteroatoms. The summed E-state index contributed by atoms with van der Waals surface area (Å²) in [7, 11) is 1.76. The van der Waals surface area contributed by atoms with Gasteiger partial charge in [-0.15, -0.1) is 0 Å². The first-order chi connectivity index (χ1) is 15.6. The van der Waals surface area contributed by atoms with Crippen LogP contribution in [0.5, 0.6) is 11.6 Å². The minimum absolute atomic E-state index is 0.321. The van der Waals surface area contributed by atoms with Crippen molar-refractivity contribution in [1.82, 2.24) is 15.0 Å². The van der Waals surface area contributed by atoms with Crippen LogP contribution in [0, 0.1) is 6.92 Å². The Morgan fingerprint density at radius 1 is 0.844 bits per heavy atom. The van der Waals surface area contributed by atoms with Crippen molar-refractivity contribution in [3.05, 3.63) is 84.7 Å². The first-order valence-electron chi connectivity index (χ1n) is 9.99. The molecule has 4 aromatic rings. The number of carbonyl (C=O) groups is 1. The topological polar surface area (TPSA) is 101 Å². The molecule has 0 saturated carbocycles. The number of pyridine rings is 1. The van der Waals surface area contributed by atoms with Gasteiger partial charge < -0.3 is 20.7 Å². The number of aromatic nitrogens is 3. The van der Waals surface area contributed by atoms with Gasteiger partial charge in [0, 0.05) is 30.8 Å². The average Bonchev–Trinajstić information content (AvgIpc) is 2.82. The maximum absolute atomic E-state index is 12.2. The Kier molecular flexibility index (Phi) is 6.22. The molecule has 0 unspecified atom stereocenters. The van der Waals surface area contributed by atoms with Gasteiger partial charge in [0.25, 0.3) is 0 Å². The zero-order valence-electron chi connectivity index (χ0n) is 17.7. The number of benzene rings is 2. The van der Waals surface area contributed by atoms with E-state index in [1.165, 1.54) is 0 Å². The molecule has 0 radical (unpaired) electrons. The van der Waals surface area contributed by atoms with Crippen molar-refractivity contribution in [2.45, 2.75) is 6.92 Å². The van der Waals surface area contributed by atoms with Gasteiger partial charge in [-0.25, -0.2) is 19.7 Å². The van der Waals surface area contributed by atoms with Gasteiger partial charge in [0.05, 0.1) is 11.3 Å². The molecule has 8 nitrogen and oxygen atoms in total. The van der Waals surface area contributed by atoms with Gasteiger partial charge in [-0.1, -0.05) is 17.7 Å². The summed E-state index contributed by atoms with van der Waals surface area (Å²) in [6, 6.07) is 19.8. The van der Waals surface area contributed by atoms with E-state index in [9.17, 15) is 4.79 Å². The Labute approximate surface area is 185 Å². The summed E-state index contributed by atoms with van der Waals surface area (Å²) in [5.41, 5.74) is 3.92. The van der Waals surface area contributed by atoms with E-state index in [2.05, 4.69) is 30.9 Å². The quantitative estimate of drug-likeness (QED) is 0.385. The smallest absolute Gasteiger partial charge is 0.323 e. The molecule has 0 spiro atoms. The highest BCUT2D eigenvalue weighted by molar-refractivity contribution is 5.99. The third kappa shape index (κ3) is 5.17. The van der Waals surface area contributed by atoms with E-state index in [0.717, 1.165) is 16.8 Å². The fraction of sp³-hybridized carbons (Fsp3) is 0.0833. The highest BCUT2D eigenvalue weighted by Gasteiger charge is 2.11. The van der Waals surface area contributed by atoms with Crippen LogP contribution in [0.4, 0.5) is 22.1 Å². The Balaban J connectivity index is 1.44. The predicted molar refractivity (Wildman–Crippen MR) is 125 cm³/mol. The van der Waals surface area contributed by atoms with Gasteiger partial charge in [0.1, 0.15) is 5.75 Å². The monoisotopic (exact) mass is 426 g/mol. The van der Waals surface area contributed by atoms with Crippen molar-refractivity contribution in [3.63, 3.8) is 0 Å². The average molecular weight is 426 g/mol. The van der Waals surface area contributed by atoms with Crippen molar-refractivity contribution in [2.24, 2.45) is 0 Å². The fourth-order valence-electron chi connectivity index (χ4n) is 2.94. The van der Waals surface area contributed by atoms with Crippen LogP contribution in [0.2, 0.25) is 0 Å². The number of hydrogen-bond donors (Lipinski definition) is 3. The third-order valence-corrected chi connectivity index (χ3v) is 4.56. The van der Waals surface area contributed by atoms with Crippen LogP contribution in [-0.2, 0) is 0 Å². The van der Waals surface area contributed by atoms with Gasteiger partial charge in [-0.3, -0.25) is 0 Å². The Bertz CT molecular complexity index is 1210. The second kappa shape index (κ2) is 9.57. The summed E-state index contributed by atoms with van der Waals surface area (Å²) in [4.78, 5) is 25.2. The SMILES string of the molecule is CNc1nccc(-c2cccnc2Oc2ccc(NC(=O)Nc3ccc(C)cc3)cc2)n1. The number of aryl methyl sites for hydroxylation is 1. The zero-order chi connectivity index (χ0) is 22.3. The Morgan fingerprint density at radius 2 is 1.53 bits per heavy atom. The second-order valence-electron chi connectivity index (χ2n) is 6.94. The number of anilines is 3. The van der Waals surface area contributed by atoms with Gasteiger partial charge in [-0.2, -0.15) is 0 Å². The van der Waals surface area contributed by atoms with Crippen LogP contribution in [0.1, 0.15) is 5.56 Å². The van der Waals surface area contributed by atoms with E-state index < -0.39 is 0 Å². The number of carbonyl (C=O) groups excluding carboxylic acids is 1. The number of nitrogens with one attached hydrogen (secondary N) is 3. The van der Waals surface area contributed by atoms with Crippen LogP contribution in [0.3, 0.4) is 0 Å². The number of rotatable bonds is 6. The van der Waals surface area contributed by atoms with Gasteiger partial charge in [0.15, 0.2) is 0 Å². The van der Waals surface area contributed by atoms with Gasteiger partial charge in [-0.05, 0) is 61.5 Å². The first kappa shape index (κ1) is 20.8. The number of nitrogens with zero attached hydrogens (tertiary/aromatic N) is 3. The molecular formula is C24H22N6O2. The minimum atomic E-state index is -0.321. The molecule has 2 heterocycles. The normalized spacial score (nSPS) is 10.3. The minimum Gasteiger partial charge on any atom is -0.438 e. The van der Waals surface area contributed by atoms with Crippen molar-refractivity contribution in [1.29, 1.82) is 0 Å². The predicted octanol–water partition coefficient (Wildman–Crippen LogP) is 5.33. The lowest BCUT2D eigenvalue weighted by Crippen LogP contribution is -2.19. The molecule has 2 aromatic heterocycles. The molecule has 160 valence electrons. The summed E-state index contributed by atoms with van der Waals surface area (Å²) >= 11 is 0. The number of ether oxygens (including phenoxy) is 1. The van der Waals surface area contributed by atoms with E-state index in [-0.39, 0.29) is 6.03 Å². The third-order valence-electron chi connectivity index (χ3n) is 4.56. The van der Waals surface area contributed by atoms with Crippen LogP contribution in [0.15, 0.2) is 79.1 Å². The first-order valence-corrected chi connectivity index (χ1v) is 9.99. The molecular weight excluding hydrogens is 404 g/mol. The van der Waals surface area contributed by atoms with E-state index in [1.807, 2.05) is 43.3 Å². The lowest BCUT2D eigenvalue weighted by Gasteiger charge is -2.11. The largest absolute Gasteiger partial charge is 0.438 e. The van der Waals surface area contributed by atoms with Crippen LogP contribution >= 0.6 is 0 Å². The van der Waals surface area contributed by atoms with Crippen LogP contribution < -0.4 is 20.7 Å². The number of urea groups is 1. The molecule has 2 aromatic carbocycles. The van der Waals surface area contributed by atoms with E-state index in [0.29, 0.717) is 29.0 Å². The second-order valence-corrected chi connectivity index (χ2v) is 6.94. The van der Waals surface area contributed by atoms with E-state index in [4.69, 9.17) is 4.74 Å². The standard InChI is InChI=1S/C24H22N6O2/c1-16-5-7-17(8-6-16)28-24(31)29-18-9-11-19(12-10-18)32-22-20(4-3-14-26-22)21-13-15-27-23(25-2)30-21/h3-15H,1-2H3,(H,25,27,30)(H2,28,29,31). The van der Waals surface area contributed by atoms with Crippen molar-refractivity contribution in [2.75, 3.05) is 23.0 Å². The lowest BCUT2D eigenvalue weighted by molar-refractivity contribution is 0.262. The molecule has 0 aliphatic rings. The van der Waals surface area contributed by atoms with Crippen LogP contribution in [0.25, 0.3) is 11.3 Å². The van der Waals surface area contributed by atoms with Crippen LogP contribution in [-0.4, -0.2) is 28.0 Å². The molecule has 0 saturated heterocycles. The molecule has 0 aliphatic heterocycles. The summed E-state index contributed by atoms with van der Waals surface area (Å²) in [6.45, 7) is 1.99. The Hall–Kier alpha value is -4.46. The van der Waals surface area contributed by atoms with Gasteiger partial charge >= 0.3 is 6.03 Å². The summed E-state index contributed by atoms with van der Waals surface area (Å²) in [5.74, 6) is 1.51. The summed E-state index contributed by atoms with van der Waals surface area (Å²) in [5, 5.41) is 8.52. The molecule has 0 atom stereocenters. The summed E-state index contributed by atoms with van der Waals surface area (Å²) in [6.07, 6.45) is 3.33. The maximum atomic E-state index is 12.2. The summed E-state index contributed by atoms with van der Waals surface area (Å²) < 4.78 is 5.98. The highest BCUT2D eigenvalue weighted by atomic mass is 16.5. The molecule has 0 bridgehead atoms. The van der Waals surface area contributed by atoms with Crippen molar-refractivity contribution < 1.29 is 9.53 Å². The van der Waals surface area contributed by atoms with Crippen molar-refractivity contribution in [3.8, 4) is 22.9 Å². The lowest BCUT2D eigenvalue weighted by atomic mass is 10.2. The maximum Gasteiger partial charge on any atom is 0.323 e. The fourth-order valence-corrected chi connectivity index (χ4v) is 2.94. The van der Waals surface area contributed by atoms with Crippen molar-refractivity contribution >= 4 is 23.4 Å². The molecule has 4 rings (SSSR count). The zero-order valence-corrected chi connectivity index (χ0v) is 17.7. The van der Waals surface area contributed by atoms with Gasteiger partial charge in [0.2, 0.25) is 11.8 Å². The highest BCUT2D eigenvalue weighted by Crippen LogP contribution is 2.30. The molecule has 32 heavy (non-hydrogen) atoms. The Morgan fingerprint density at radius 3 is 2.22 bits per heavy atom. The van der Waals surface area contributed by atoms with E-state index >= 15 is 0 Å². The number of amides is 2. The molecule has 3 N–H and O–H groups in total.